The zero-order valence-corrected chi connectivity index (χ0v) is 21.7. The number of fused-ring (bicyclic) bond motifs is 1. The highest BCUT2D eigenvalue weighted by atomic mass is 32.2. The first-order valence-corrected chi connectivity index (χ1v) is 14.3. The molecule has 1 aliphatic heterocycles. The Balaban J connectivity index is 1.23. The van der Waals surface area contributed by atoms with Crippen LogP contribution >= 0.6 is 0 Å². The first-order chi connectivity index (χ1) is 17.1. The number of likely N-dealkylation sites (tertiary alicyclic amines) is 1. The normalized spacial score (nSPS) is 23.3. The largest absolute Gasteiger partial charge is 0.388 e. The van der Waals surface area contributed by atoms with Crippen molar-refractivity contribution in [3.63, 3.8) is 0 Å². The van der Waals surface area contributed by atoms with Gasteiger partial charge in [-0.25, -0.2) is 13.1 Å². The van der Waals surface area contributed by atoms with E-state index in [0.717, 1.165) is 35.0 Å². The maximum absolute atomic E-state index is 13.2. The predicted octanol–water partition coefficient (Wildman–Crippen LogP) is 4.43. The van der Waals surface area contributed by atoms with Crippen LogP contribution < -0.4 is 4.72 Å². The Bertz CT molecular complexity index is 1340. The van der Waals surface area contributed by atoms with E-state index in [0.29, 0.717) is 32.2 Å². The number of amides is 1. The molecule has 0 spiro atoms. The van der Waals surface area contributed by atoms with Crippen LogP contribution in [0.4, 0.5) is 0 Å². The van der Waals surface area contributed by atoms with Crippen molar-refractivity contribution >= 4 is 26.8 Å². The molecule has 2 aromatic carbocycles. The van der Waals surface area contributed by atoms with E-state index in [9.17, 15) is 18.3 Å². The van der Waals surface area contributed by atoms with Crippen molar-refractivity contribution in [2.45, 2.75) is 75.0 Å². The summed E-state index contributed by atoms with van der Waals surface area (Å²) in [4.78, 5) is 18.6. The molecule has 1 saturated carbocycles. The van der Waals surface area contributed by atoms with E-state index in [-0.39, 0.29) is 28.8 Å². The number of nitrogens with zero attached hydrogens (tertiary/aromatic N) is 1. The van der Waals surface area contributed by atoms with Crippen molar-refractivity contribution in [3.8, 4) is 11.3 Å². The Kier molecular flexibility index (Phi) is 6.70. The van der Waals surface area contributed by atoms with Gasteiger partial charge in [0.25, 0.3) is 0 Å². The van der Waals surface area contributed by atoms with Crippen molar-refractivity contribution in [1.82, 2.24) is 14.6 Å². The van der Waals surface area contributed by atoms with Crippen LogP contribution in [0.3, 0.4) is 0 Å². The number of hydrogen-bond acceptors (Lipinski definition) is 4. The lowest BCUT2D eigenvalue weighted by molar-refractivity contribution is -0.142. The van der Waals surface area contributed by atoms with Crippen molar-refractivity contribution in [3.05, 3.63) is 54.6 Å². The number of aliphatic hydroxyl groups is 1. The number of H-pyrrole nitrogens is 1. The van der Waals surface area contributed by atoms with Gasteiger partial charge >= 0.3 is 0 Å². The van der Waals surface area contributed by atoms with E-state index in [1.54, 1.807) is 26.0 Å². The summed E-state index contributed by atoms with van der Waals surface area (Å²) in [5, 5.41) is 11.4. The number of carbonyl (C=O) groups is 1. The summed E-state index contributed by atoms with van der Waals surface area (Å²) < 4.78 is 29.2. The van der Waals surface area contributed by atoms with Crippen molar-refractivity contribution < 1.29 is 18.3 Å². The highest BCUT2D eigenvalue weighted by molar-refractivity contribution is 7.89. The lowest BCUT2D eigenvalue weighted by Gasteiger charge is -2.37. The van der Waals surface area contributed by atoms with Crippen molar-refractivity contribution in [2.75, 3.05) is 6.54 Å². The molecule has 0 unspecified atom stereocenters. The summed E-state index contributed by atoms with van der Waals surface area (Å²) in [6.07, 6.45) is 4.28. The molecule has 3 N–H and O–H groups in total. The SMILES string of the molecule is CC(C)(O)[C@H]1CCCN1C(=O)C1CCC(NS(=O)(=O)c2ccc3cc(-c4ccccc4)[nH]c3c2)CC1. The average molecular weight is 510 g/mol. The van der Waals surface area contributed by atoms with Crippen LogP contribution in [0.2, 0.25) is 0 Å². The van der Waals surface area contributed by atoms with Gasteiger partial charge in [0.2, 0.25) is 15.9 Å². The monoisotopic (exact) mass is 509 g/mol. The molecule has 2 fully saturated rings. The number of hydrogen-bond donors (Lipinski definition) is 3. The van der Waals surface area contributed by atoms with Gasteiger partial charge in [0.15, 0.2) is 0 Å². The number of aromatic nitrogens is 1. The lowest BCUT2D eigenvalue weighted by Crippen LogP contribution is -2.50. The lowest BCUT2D eigenvalue weighted by atomic mass is 9.85. The van der Waals surface area contributed by atoms with Crippen LogP contribution in [0.15, 0.2) is 59.5 Å². The minimum Gasteiger partial charge on any atom is -0.388 e. The van der Waals surface area contributed by atoms with Crippen molar-refractivity contribution in [2.24, 2.45) is 5.92 Å². The Hall–Kier alpha value is -2.68. The summed E-state index contributed by atoms with van der Waals surface area (Å²) in [6, 6.07) is 16.8. The van der Waals surface area contributed by atoms with E-state index >= 15 is 0 Å². The second-order valence-electron chi connectivity index (χ2n) is 10.8. The number of sulfonamides is 1. The second-order valence-corrected chi connectivity index (χ2v) is 12.5. The van der Waals surface area contributed by atoms with Gasteiger partial charge in [-0.1, -0.05) is 36.4 Å². The number of benzene rings is 2. The highest BCUT2D eigenvalue weighted by Gasteiger charge is 2.41. The molecule has 192 valence electrons. The molecule has 1 aromatic heterocycles. The summed E-state index contributed by atoms with van der Waals surface area (Å²) >= 11 is 0. The minimum atomic E-state index is -3.69. The summed E-state index contributed by atoms with van der Waals surface area (Å²) in [6.45, 7) is 4.22. The van der Waals surface area contributed by atoms with Gasteiger partial charge < -0.3 is 15.0 Å². The maximum Gasteiger partial charge on any atom is 0.240 e. The van der Waals surface area contributed by atoms with Crippen LogP contribution in [0.1, 0.15) is 52.4 Å². The molecular formula is C28H35N3O4S. The Morgan fingerprint density at radius 3 is 2.44 bits per heavy atom. The summed E-state index contributed by atoms with van der Waals surface area (Å²) in [7, 11) is -3.69. The molecule has 0 bridgehead atoms. The summed E-state index contributed by atoms with van der Waals surface area (Å²) in [5.41, 5.74) is 1.85. The third kappa shape index (κ3) is 5.08. The average Bonchev–Trinajstić information content (AvgIpc) is 3.51. The van der Waals surface area contributed by atoms with Gasteiger partial charge in [0.1, 0.15) is 0 Å². The molecule has 2 aliphatic rings. The molecule has 1 aliphatic carbocycles. The van der Waals surface area contributed by atoms with Crippen LogP contribution in [0.25, 0.3) is 22.2 Å². The number of aromatic amines is 1. The molecule has 1 atom stereocenters. The van der Waals surface area contributed by atoms with Gasteiger partial charge in [0.05, 0.1) is 16.5 Å². The van der Waals surface area contributed by atoms with Crippen LogP contribution in [0, 0.1) is 5.92 Å². The quantitative estimate of drug-likeness (QED) is 0.457. The summed E-state index contributed by atoms with van der Waals surface area (Å²) in [5.74, 6) is -0.00673. The number of carbonyl (C=O) groups excluding carboxylic acids is 1. The van der Waals surface area contributed by atoms with E-state index in [2.05, 4.69) is 9.71 Å². The topological polar surface area (TPSA) is 102 Å². The van der Waals surface area contributed by atoms with E-state index in [1.807, 2.05) is 47.4 Å². The molecule has 7 nitrogen and oxygen atoms in total. The molecular weight excluding hydrogens is 474 g/mol. The first-order valence-electron chi connectivity index (χ1n) is 12.9. The Morgan fingerprint density at radius 2 is 1.75 bits per heavy atom. The first kappa shape index (κ1) is 25.0. The second kappa shape index (κ2) is 9.65. The predicted molar refractivity (Wildman–Crippen MR) is 141 cm³/mol. The van der Waals surface area contributed by atoms with E-state index in [4.69, 9.17) is 0 Å². The fourth-order valence-electron chi connectivity index (χ4n) is 5.79. The Labute approximate surface area is 213 Å². The zero-order valence-electron chi connectivity index (χ0n) is 20.9. The molecule has 5 rings (SSSR count). The van der Waals surface area contributed by atoms with Crippen LogP contribution in [-0.2, 0) is 14.8 Å². The number of nitrogens with one attached hydrogen (secondary N) is 2. The molecule has 3 aromatic rings. The van der Waals surface area contributed by atoms with Gasteiger partial charge in [0, 0.05) is 35.1 Å². The minimum absolute atomic E-state index is 0.104. The standard InChI is InChI=1S/C28H35N3O4S/c1-28(2,33)26-9-6-16-31(26)27(32)20-10-13-22(14-11-20)30-36(34,35)23-15-12-21-17-24(29-25(21)18-23)19-7-4-3-5-8-19/h3-5,7-8,12,15,17-18,20,22,26,29-30,33H,6,9-11,13-14,16H2,1-2H3/t20?,22?,26-/m1/s1. The fourth-order valence-corrected chi connectivity index (χ4v) is 7.12. The molecule has 0 radical (unpaired) electrons. The van der Waals surface area contributed by atoms with Gasteiger partial charge in [-0.2, -0.15) is 0 Å². The third-order valence-corrected chi connectivity index (χ3v) is 9.26. The molecule has 8 heteroatoms. The Morgan fingerprint density at radius 1 is 1.03 bits per heavy atom. The van der Waals surface area contributed by atoms with Gasteiger partial charge in [-0.15, -0.1) is 0 Å². The third-order valence-electron chi connectivity index (χ3n) is 7.74. The smallest absolute Gasteiger partial charge is 0.240 e. The molecule has 1 saturated heterocycles. The number of rotatable bonds is 6. The molecule has 2 heterocycles. The van der Waals surface area contributed by atoms with Crippen molar-refractivity contribution in [1.29, 1.82) is 0 Å². The fraction of sp³-hybridized carbons (Fsp3) is 0.464. The van der Waals surface area contributed by atoms with E-state index in [1.165, 1.54) is 0 Å². The van der Waals surface area contributed by atoms with Gasteiger partial charge in [-0.05, 0) is 76.1 Å². The zero-order chi connectivity index (χ0) is 25.5. The van der Waals surface area contributed by atoms with Crippen LogP contribution in [0.5, 0.6) is 0 Å². The van der Waals surface area contributed by atoms with Crippen LogP contribution in [-0.4, -0.2) is 53.5 Å². The molecule has 36 heavy (non-hydrogen) atoms. The molecule has 1 amide bonds. The maximum atomic E-state index is 13.2. The van der Waals surface area contributed by atoms with Gasteiger partial charge in [-0.3, -0.25) is 4.79 Å². The van der Waals surface area contributed by atoms with E-state index < -0.39 is 15.6 Å². The highest BCUT2D eigenvalue weighted by Crippen LogP contribution is 2.33.